The molecule has 0 saturated carbocycles. The summed E-state index contributed by atoms with van der Waals surface area (Å²) in [5.41, 5.74) is 3.15. The van der Waals surface area contributed by atoms with E-state index in [1.54, 1.807) is 12.4 Å². The summed E-state index contributed by atoms with van der Waals surface area (Å²) in [4.78, 5) is 32.7. The van der Waals surface area contributed by atoms with Crippen LogP contribution in [0.1, 0.15) is 39.0 Å². The zero-order chi connectivity index (χ0) is 22.0. The van der Waals surface area contributed by atoms with E-state index in [9.17, 15) is 4.79 Å². The van der Waals surface area contributed by atoms with Gasteiger partial charge in [-0.05, 0) is 45.7 Å². The summed E-state index contributed by atoms with van der Waals surface area (Å²) in [6.07, 6.45) is 13.1. The van der Waals surface area contributed by atoms with Gasteiger partial charge < -0.3 is 15.3 Å². The van der Waals surface area contributed by atoms with Crippen molar-refractivity contribution in [2.45, 2.75) is 63.3 Å². The number of hydrogen-bond donors (Lipinski definition) is 2. The van der Waals surface area contributed by atoms with Gasteiger partial charge in [0.2, 0.25) is 0 Å². The van der Waals surface area contributed by atoms with Gasteiger partial charge in [-0.1, -0.05) is 18.1 Å². The lowest BCUT2D eigenvalue weighted by molar-refractivity contribution is -0.123. The second-order valence-electron chi connectivity index (χ2n) is 8.59. The number of piperidine rings is 2. The van der Waals surface area contributed by atoms with Crippen molar-refractivity contribution in [1.29, 1.82) is 0 Å². The van der Waals surface area contributed by atoms with E-state index < -0.39 is 0 Å². The first-order valence-electron chi connectivity index (χ1n) is 10.7. The van der Waals surface area contributed by atoms with Gasteiger partial charge in [0, 0.05) is 36.1 Å². The van der Waals surface area contributed by atoms with E-state index in [0.29, 0.717) is 17.8 Å². The van der Waals surface area contributed by atoms with Crippen LogP contribution in [0.4, 0.5) is 0 Å². The van der Waals surface area contributed by atoms with Crippen molar-refractivity contribution < 1.29 is 14.7 Å². The molecule has 4 aliphatic heterocycles. The summed E-state index contributed by atoms with van der Waals surface area (Å²) in [5, 5.41) is 18.8. The number of allylic oxidation sites excluding steroid dienone is 2. The predicted octanol–water partition coefficient (Wildman–Crippen LogP) is 1.61. The van der Waals surface area contributed by atoms with Crippen molar-refractivity contribution in [2.24, 2.45) is 26.1 Å². The number of nitrogens with one attached hydrogen (secondary N) is 1. The lowest BCUT2D eigenvalue weighted by Crippen LogP contribution is -2.56. The summed E-state index contributed by atoms with van der Waals surface area (Å²) in [6.45, 7) is 1.78. The summed E-state index contributed by atoms with van der Waals surface area (Å²) in [6, 6.07) is 1.37. The van der Waals surface area contributed by atoms with Gasteiger partial charge in [-0.2, -0.15) is 5.10 Å². The molecule has 2 saturated heterocycles. The smallest absolute Gasteiger partial charge is 0.290 e. The Kier molecular flexibility index (Phi) is 6.22. The van der Waals surface area contributed by atoms with Crippen LogP contribution in [0.15, 0.2) is 43.5 Å². The molecule has 5 aliphatic rings. The molecule has 0 spiro atoms. The van der Waals surface area contributed by atoms with Gasteiger partial charge in [0.05, 0.1) is 11.6 Å². The van der Waals surface area contributed by atoms with Crippen molar-refractivity contribution in [3.8, 4) is 0 Å². The van der Waals surface area contributed by atoms with E-state index in [-0.39, 0.29) is 30.5 Å². The zero-order valence-corrected chi connectivity index (χ0v) is 17.8. The molecule has 9 nitrogen and oxygen atoms in total. The molecule has 2 fully saturated rings. The van der Waals surface area contributed by atoms with Crippen LogP contribution in [0, 0.1) is 5.92 Å². The highest BCUT2D eigenvalue weighted by molar-refractivity contribution is 6.53. The number of hydrogen-bond acceptors (Lipinski definition) is 7. The van der Waals surface area contributed by atoms with Crippen LogP contribution in [0.2, 0.25) is 0 Å². The lowest BCUT2D eigenvalue weighted by atomic mass is 9.82. The Morgan fingerprint density at radius 1 is 1.19 bits per heavy atom. The summed E-state index contributed by atoms with van der Waals surface area (Å²) >= 11 is 0. The largest absolute Gasteiger partial charge is 0.483 e. The van der Waals surface area contributed by atoms with Crippen molar-refractivity contribution in [3.05, 3.63) is 23.3 Å². The highest BCUT2D eigenvalue weighted by Gasteiger charge is 2.39. The van der Waals surface area contributed by atoms with E-state index in [0.717, 1.165) is 29.7 Å². The van der Waals surface area contributed by atoms with Crippen molar-refractivity contribution in [2.75, 3.05) is 7.05 Å². The molecule has 164 valence electrons. The molecule has 9 heteroatoms. The fourth-order valence-electron chi connectivity index (χ4n) is 5.22. The average molecular weight is 425 g/mol. The maximum atomic E-state index is 13.1. The Bertz CT molecular complexity index is 906. The highest BCUT2D eigenvalue weighted by atomic mass is 16.3. The van der Waals surface area contributed by atoms with Gasteiger partial charge in [-0.3, -0.25) is 19.6 Å². The summed E-state index contributed by atoms with van der Waals surface area (Å²) in [7, 11) is 2.23. The van der Waals surface area contributed by atoms with Crippen LogP contribution < -0.4 is 5.32 Å². The van der Waals surface area contributed by atoms with Crippen LogP contribution in [0.25, 0.3) is 0 Å². The third-order valence-corrected chi connectivity index (χ3v) is 6.67. The molecule has 0 radical (unpaired) electrons. The Morgan fingerprint density at radius 2 is 1.84 bits per heavy atom. The van der Waals surface area contributed by atoms with Gasteiger partial charge in [-0.25, -0.2) is 0 Å². The number of fused-ring (bicyclic) bond motifs is 3. The minimum atomic E-state index is -0.250. The zero-order valence-electron chi connectivity index (χ0n) is 17.8. The Hall–Kier alpha value is -2.94. The van der Waals surface area contributed by atoms with Crippen molar-refractivity contribution in [1.82, 2.24) is 10.2 Å². The Balaban J connectivity index is 0.000000730. The minimum absolute atomic E-state index is 0.0632. The van der Waals surface area contributed by atoms with Gasteiger partial charge in [-0.15, -0.1) is 5.10 Å². The number of aliphatic imine (C=N–C) groups is 2. The van der Waals surface area contributed by atoms with E-state index >= 15 is 0 Å². The molecule has 2 bridgehead atoms. The van der Waals surface area contributed by atoms with Gasteiger partial charge in [0.25, 0.3) is 12.4 Å². The predicted molar refractivity (Wildman–Crippen MR) is 120 cm³/mol. The maximum Gasteiger partial charge on any atom is 0.290 e. The Labute approximate surface area is 181 Å². The second kappa shape index (κ2) is 9.05. The van der Waals surface area contributed by atoms with E-state index in [2.05, 4.69) is 43.5 Å². The number of carbonyl (C=O) groups is 2. The van der Waals surface area contributed by atoms with Crippen molar-refractivity contribution in [3.63, 3.8) is 0 Å². The van der Waals surface area contributed by atoms with Crippen LogP contribution in [0.3, 0.4) is 0 Å². The standard InChI is InChI=1S/C21H26N6O.CH2O2/c1-12-8-16-18(17(9-12)20-22-6-7-23-20)25-26-19(16)21(28)24-13-10-14-4-3-5-15(11-13)27(14)2;2-1-3/h6-9,13-15,17,20H,3-5,10-11H2,1-2H3,(H,24,28);1H,(H,2,3). The number of rotatable bonds is 3. The molecule has 0 aromatic carbocycles. The molecule has 2 N–H and O–H groups in total. The van der Waals surface area contributed by atoms with Crippen LogP contribution in [0.5, 0.6) is 0 Å². The second-order valence-corrected chi connectivity index (χ2v) is 8.59. The number of amides is 1. The SMILES string of the molecule is CC1=CC(C2N=CC=N2)C2=NN=C(C(=O)NC3CC4CCCC(C3)N4C)C2=C1.O=CO. The first-order chi connectivity index (χ1) is 15.0. The maximum absolute atomic E-state index is 13.1. The third kappa shape index (κ3) is 4.27. The fraction of sp³-hybridized carbons (Fsp3) is 0.545. The summed E-state index contributed by atoms with van der Waals surface area (Å²) in [5.74, 6) is -0.170. The first kappa shape index (κ1) is 21.3. The molecular weight excluding hydrogens is 396 g/mol. The molecular formula is C22H28N6O3. The minimum Gasteiger partial charge on any atom is -0.483 e. The molecule has 0 aromatic heterocycles. The number of carboxylic acid groups (broad SMARTS) is 1. The van der Waals surface area contributed by atoms with Gasteiger partial charge in [0.1, 0.15) is 0 Å². The average Bonchev–Trinajstić information content (AvgIpc) is 3.38. The molecule has 0 aromatic rings. The van der Waals surface area contributed by atoms with E-state index in [1.807, 2.05) is 13.0 Å². The first-order valence-corrected chi connectivity index (χ1v) is 10.7. The fourth-order valence-corrected chi connectivity index (χ4v) is 5.22. The van der Waals surface area contributed by atoms with E-state index in [4.69, 9.17) is 9.90 Å². The van der Waals surface area contributed by atoms with Crippen molar-refractivity contribution >= 4 is 36.2 Å². The molecule has 1 aliphatic carbocycles. The lowest BCUT2D eigenvalue weighted by Gasteiger charge is -2.47. The topological polar surface area (TPSA) is 119 Å². The Morgan fingerprint density at radius 3 is 2.48 bits per heavy atom. The molecule has 1 amide bonds. The van der Waals surface area contributed by atoms with Crippen LogP contribution in [-0.2, 0) is 9.59 Å². The molecule has 31 heavy (non-hydrogen) atoms. The van der Waals surface area contributed by atoms with Crippen LogP contribution >= 0.6 is 0 Å². The number of carbonyl (C=O) groups excluding carboxylic acids is 1. The van der Waals surface area contributed by atoms with E-state index in [1.165, 1.54) is 19.3 Å². The molecule has 5 rings (SSSR count). The monoisotopic (exact) mass is 424 g/mol. The van der Waals surface area contributed by atoms with Gasteiger partial charge >= 0.3 is 0 Å². The van der Waals surface area contributed by atoms with Crippen LogP contribution in [-0.4, -0.2) is 77.6 Å². The summed E-state index contributed by atoms with van der Waals surface area (Å²) < 4.78 is 0. The highest BCUT2D eigenvalue weighted by Crippen LogP contribution is 2.33. The number of nitrogens with zero attached hydrogens (tertiary/aromatic N) is 5. The molecule has 3 atom stereocenters. The molecule has 4 heterocycles. The quantitative estimate of drug-likeness (QED) is 0.669. The normalized spacial score (nSPS) is 31.5. The molecule has 3 unspecified atom stereocenters. The van der Waals surface area contributed by atoms with Gasteiger partial charge in [0.15, 0.2) is 11.9 Å². The third-order valence-electron chi connectivity index (χ3n) is 6.67.